The number of alkyl halides is 1. The molecule has 0 aliphatic heterocycles. The molecule has 1 aliphatic carbocycles. The number of carbonyl (C=O) groups is 5. The van der Waals surface area contributed by atoms with Crippen LogP contribution in [0.3, 0.4) is 0 Å². The van der Waals surface area contributed by atoms with Gasteiger partial charge in [0.05, 0.1) is 6.61 Å². The first-order valence-corrected chi connectivity index (χ1v) is 17.1. The maximum atomic E-state index is 14.9. The summed E-state index contributed by atoms with van der Waals surface area (Å²) in [5.74, 6) is 2.02. The van der Waals surface area contributed by atoms with E-state index in [1.54, 1.807) is 0 Å². The quantitative estimate of drug-likeness (QED) is 0.0690. The third-order valence-electron chi connectivity index (χ3n) is 7.01. The lowest BCUT2D eigenvalue weighted by Gasteiger charge is -2.21. The van der Waals surface area contributed by atoms with Crippen molar-refractivity contribution in [2.45, 2.75) is 116 Å². The van der Waals surface area contributed by atoms with Crippen LogP contribution in [0.5, 0.6) is 0 Å². The van der Waals surface area contributed by atoms with Crippen molar-refractivity contribution in [2.24, 2.45) is 0 Å². The number of esters is 3. The maximum Gasteiger partial charge on any atom is 0.322 e. The molecule has 1 aliphatic rings. The minimum Gasteiger partial charge on any atom is -0.465 e. The minimum atomic E-state index is -4.10. The number of ether oxygens (including phenoxy) is 3. The topological polar surface area (TPSA) is 150 Å². The van der Waals surface area contributed by atoms with E-state index in [2.05, 4.69) is 11.8 Å². The first-order valence-electron chi connectivity index (χ1n) is 15.5. The van der Waals surface area contributed by atoms with Crippen LogP contribution in [0.1, 0.15) is 110 Å². The van der Waals surface area contributed by atoms with Gasteiger partial charge >= 0.3 is 17.9 Å². The summed E-state index contributed by atoms with van der Waals surface area (Å²) in [5.41, 5.74) is -2.02. The summed E-state index contributed by atoms with van der Waals surface area (Å²) < 4.78 is 55.7. The number of carbonyl (C=O) groups excluding carboxylic acids is 5. The van der Waals surface area contributed by atoms with E-state index in [1.165, 1.54) is 13.8 Å². The second-order valence-corrected chi connectivity index (χ2v) is 12.9. The molecule has 11 nitrogen and oxygen atoms in total. The highest BCUT2D eigenvalue weighted by Gasteiger charge is 2.35. The van der Waals surface area contributed by atoms with Crippen LogP contribution in [-0.2, 0) is 48.2 Å². The largest absolute Gasteiger partial charge is 0.465 e. The van der Waals surface area contributed by atoms with Gasteiger partial charge in [0.2, 0.25) is 15.7 Å². The molecule has 0 heterocycles. The lowest BCUT2D eigenvalue weighted by Crippen LogP contribution is -2.40. The van der Waals surface area contributed by atoms with Crippen molar-refractivity contribution in [1.82, 2.24) is 4.31 Å². The Hall–Kier alpha value is -2.85. The van der Waals surface area contributed by atoms with Gasteiger partial charge in [-0.3, -0.25) is 24.0 Å². The molecule has 0 aromatic rings. The average molecular weight is 646 g/mol. The maximum absolute atomic E-state index is 14.9. The van der Waals surface area contributed by atoms with Crippen LogP contribution < -0.4 is 0 Å². The number of hydrogen-bond donors (Lipinski definition) is 0. The van der Waals surface area contributed by atoms with Crippen LogP contribution in [0, 0.1) is 11.8 Å². The average Bonchev–Trinajstić information content (AvgIpc) is 2.92. The fraction of sp³-hybridized carbons (Fsp3) is 0.774. The number of sulfonamides is 1. The van der Waals surface area contributed by atoms with Gasteiger partial charge in [-0.25, -0.2) is 12.8 Å². The Morgan fingerprint density at radius 3 is 1.93 bits per heavy atom. The van der Waals surface area contributed by atoms with Crippen molar-refractivity contribution in [3.05, 3.63) is 0 Å². The number of Topliss-reactive ketones (excluding diaryl/α,β-unsaturated/α-hetero) is 2. The normalized spacial score (nSPS) is 16.6. The SMILES string of the molecule is CC(=O)OCCN(CCOC(C)=O)S(=O)(=O)CC(=O)OCCCCCCC(=O)CCCCCC(=O)C1(F)C#CCCCCC1. The lowest BCUT2D eigenvalue weighted by molar-refractivity contribution is -0.142. The van der Waals surface area contributed by atoms with Gasteiger partial charge in [-0.05, 0) is 38.5 Å². The number of halogens is 1. The molecular formula is C31H48FNO10S. The number of unbranched alkanes of at least 4 members (excludes halogenated alkanes) is 5. The fourth-order valence-corrected chi connectivity index (χ4v) is 5.83. The number of rotatable bonds is 23. The van der Waals surface area contributed by atoms with E-state index in [9.17, 15) is 36.8 Å². The Balaban J connectivity index is 2.19. The molecule has 250 valence electrons. The van der Waals surface area contributed by atoms with Gasteiger partial charge in [0.15, 0.2) is 11.5 Å². The molecule has 0 aromatic carbocycles. The van der Waals surface area contributed by atoms with E-state index in [0.717, 1.165) is 23.6 Å². The Bertz CT molecular complexity index is 1090. The molecule has 13 heteroatoms. The van der Waals surface area contributed by atoms with Crippen LogP contribution in [0.25, 0.3) is 0 Å². The molecule has 0 aromatic heterocycles. The Morgan fingerprint density at radius 2 is 1.32 bits per heavy atom. The first-order chi connectivity index (χ1) is 20.9. The molecule has 0 radical (unpaired) electrons. The molecule has 1 atom stereocenters. The van der Waals surface area contributed by atoms with Crippen molar-refractivity contribution < 1.29 is 51.0 Å². The summed E-state index contributed by atoms with van der Waals surface area (Å²) >= 11 is 0. The first kappa shape index (κ1) is 39.2. The molecule has 0 N–H and O–H groups in total. The third-order valence-corrected chi connectivity index (χ3v) is 8.76. The monoisotopic (exact) mass is 645 g/mol. The highest BCUT2D eigenvalue weighted by Crippen LogP contribution is 2.25. The van der Waals surface area contributed by atoms with Crippen LogP contribution in [0.4, 0.5) is 4.39 Å². The van der Waals surface area contributed by atoms with Gasteiger partial charge < -0.3 is 14.2 Å². The molecule has 0 bridgehead atoms. The molecule has 0 spiro atoms. The van der Waals surface area contributed by atoms with Gasteiger partial charge in [0.25, 0.3) is 0 Å². The molecular weight excluding hydrogens is 597 g/mol. The van der Waals surface area contributed by atoms with Crippen molar-refractivity contribution >= 4 is 39.5 Å². The van der Waals surface area contributed by atoms with Crippen molar-refractivity contribution in [1.29, 1.82) is 0 Å². The molecule has 1 unspecified atom stereocenters. The molecule has 44 heavy (non-hydrogen) atoms. The second kappa shape index (κ2) is 21.8. The Kier molecular flexibility index (Phi) is 19.4. The Labute approximate surface area is 261 Å². The fourth-order valence-electron chi connectivity index (χ4n) is 4.56. The van der Waals surface area contributed by atoms with Crippen LogP contribution in [0.15, 0.2) is 0 Å². The van der Waals surface area contributed by atoms with Crippen molar-refractivity contribution in [3.8, 4) is 11.8 Å². The zero-order chi connectivity index (χ0) is 32.8. The molecule has 1 rings (SSSR count). The highest BCUT2D eigenvalue weighted by molar-refractivity contribution is 7.89. The number of ketones is 2. The summed E-state index contributed by atoms with van der Waals surface area (Å²) in [6, 6.07) is 0. The van der Waals surface area contributed by atoms with E-state index in [0.29, 0.717) is 64.2 Å². The summed E-state index contributed by atoms with van der Waals surface area (Å²) in [6.45, 7) is 1.55. The summed E-state index contributed by atoms with van der Waals surface area (Å²) in [4.78, 5) is 58.6. The molecule has 0 saturated heterocycles. The van der Waals surface area contributed by atoms with Gasteiger partial charge in [0.1, 0.15) is 19.0 Å². The molecule has 0 fully saturated rings. The standard InChI is InChI=1S/C31H48FNO10S/c1-26(34)41-23-20-33(21-24-42-27(2)35)44(39,40)25-30(38)43-22-14-7-4-9-15-28(36)16-10-8-11-17-29(37)31(32)18-12-5-3-6-13-19-31/h3-12,14-18,20-25H2,1-2H3. The summed E-state index contributed by atoms with van der Waals surface area (Å²) in [6.07, 6.45) is 8.79. The van der Waals surface area contributed by atoms with Crippen LogP contribution in [-0.4, -0.2) is 86.5 Å². The van der Waals surface area contributed by atoms with E-state index >= 15 is 0 Å². The van der Waals surface area contributed by atoms with E-state index in [4.69, 9.17) is 14.2 Å². The predicted octanol–water partition coefficient (Wildman–Crippen LogP) is 4.00. The third kappa shape index (κ3) is 18.1. The minimum absolute atomic E-state index is 0.0354. The van der Waals surface area contributed by atoms with E-state index in [1.807, 2.05) is 0 Å². The van der Waals surface area contributed by atoms with Gasteiger partial charge in [-0.2, -0.15) is 4.31 Å². The van der Waals surface area contributed by atoms with Gasteiger partial charge in [-0.1, -0.05) is 37.5 Å². The molecule has 0 amide bonds. The zero-order valence-corrected chi connectivity index (χ0v) is 27.0. The smallest absolute Gasteiger partial charge is 0.322 e. The van der Waals surface area contributed by atoms with E-state index in [-0.39, 0.29) is 51.5 Å². The van der Waals surface area contributed by atoms with Crippen LogP contribution >= 0.6 is 0 Å². The lowest BCUT2D eigenvalue weighted by atomic mass is 9.89. The summed E-state index contributed by atoms with van der Waals surface area (Å²) in [7, 11) is -4.10. The zero-order valence-electron chi connectivity index (χ0n) is 26.2. The van der Waals surface area contributed by atoms with E-state index < -0.39 is 45.1 Å². The number of nitrogens with zero attached hydrogens (tertiary/aromatic N) is 1. The Morgan fingerprint density at radius 1 is 0.750 bits per heavy atom. The van der Waals surface area contributed by atoms with Gasteiger partial charge in [0, 0.05) is 59.0 Å². The van der Waals surface area contributed by atoms with Crippen molar-refractivity contribution in [2.75, 3.05) is 38.7 Å². The predicted molar refractivity (Wildman–Crippen MR) is 160 cm³/mol. The van der Waals surface area contributed by atoms with Crippen molar-refractivity contribution in [3.63, 3.8) is 0 Å². The number of hydrogen-bond acceptors (Lipinski definition) is 10. The van der Waals surface area contributed by atoms with Crippen LogP contribution in [0.2, 0.25) is 0 Å². The highest BCUT2D eigenvalue weighted by atomic mass is 32.2. The summed E-state index contributed by atoms with van der Waals surface area (Å²) in [5, 5.41) is 0. The molecule has 0 saturated carbocycles. The second-order valence-electron chi connectivity index (χ2n) is 10.9. The van der Waals surface area contributed by atoms with Gasteiger partial charge in [-0.15, -0.1) is 0 Å².